The standard InChI is InChI=1S/C13H21ClN4O/c1-8-11(14)12(18-13(15)17-8)16-6-9-2-4-10(7-19)5-3-9/h9-10,19H,2-7H2,1H3,(H3,15,16,17,18). The lowest BCUT2D eigenvalue weighted by Crippen LogP contribution is -2.23. The van der Waals surface area contributed by atoms with Crippen LogP contribution in [0.5, 0.6) is 0 Å². The number of aliphatic hydroxyl groups is 1. The Morgan fingerprint density at radius 2 is 1.89 bits per heavy atom. The zero-order chi connectivity index (χ0) is 13.8. The van der Waals surface area contributed by atoms with Crippen LogP contribution in [0.1, 0.15) is 31.4 Å². The monoisotopic (exact) mass is 284 g/mol. The first-order chi connectivity index (χ1) is 9.10. The number of aryl methyl sites for hydroxylation is 1. The molecule has 1 heterocycles. The zero-order valence-electron chi connectivity index (χ0n) is 11.2. The summed E-state index contributed by atoms with van der Waals surface area (Å²) in [5.41, 5.74) is 6.32. The molecule has 1 aliphatic carbocycles. The number of halogens is 1. The molecule has 0 atom stereocenters. The van der Waals surface area contributed by atoms with Crippen molar-refractivity contribution in [3.63, 3.8) is 0 Å². The van der Waals surface area contributed by atoms with Gasteiger partial charge in [0.05, 0.1) is 5.69 Å². The van der Waals surface area contributed by atoms with E-state index < -0.39 is 0 Å². The Labute approximate surface area is 118 Å². The highest BCUT2D eigenvalue weighted by Crippen LogP contribution is 2.29. The maximum absolute atomic E-state index is 9.12. The molecular weight excluding hydrogens is 264 g/mol. The maximum atomic E-state index is 9.12. The lowest BCUT2D eigenvalue weighted by Gasteiger charge is -2.27. The van der Waals surface area contributed by atoms with Crippen molar-refractivity contribution in [2.75, 3.05) is 24.2 Å². The van der Waals surface area contributed by atoms with Crippen LogP contribution < -0.4 is 11.1 Å². The topological polar surface area (TPSA) is 84.1 Å². The average molecular weight is 285 g/mol. The minimum atomic E-state index is 0.244. The fourth-order valence-corrected chi connectivity index (χ4v) is 2.71. The van der Waals surface area contributed by atoms with Gasteiger partial charge < -0.3 is 16.2 Å². The third-order valence-corrected chi connectivity index (χ3v) is 4.27. The van der Waals surface area contributed by atoms with Crippen LogP contribution in [0.4, 0.5) is 11.8 Å². The van der Waals surface area contributed by atoms with Gasteiger partial charge >= 0.3 is 0 Å². The molecule has 1 aromatic rings. The Morgan fingerprint density at radius 1 is 1.26 bits per heavy atom. The molecule has 106 valence electrons. The molecule has 4 N–H and O–H groups in total. The Kier molecular flexibility index (Phi) is 4.82. The van der Waals surface area contributed by atoms with Crippen LogP contribution >= 0.6 is 11.6 Å². The minimum Gasteiger partial charge on any atom is -0.396 e. The summed E-state index contributed by atoms with van der Waals surface area (Å²) >= 11 is 6.15. The molecule has 0 spiro atoms. The van der Waals surface area contributed by atoms with Crippen molar-refractivity contribution in [3.8, 4) is 0 Å². The fourth-order valence-electron chi connectivity index (χ4n) is 2.56. The Hall–Kier alpha value is -1.07. The van der Waals surface area contributed by atoms with Crippen molar-refractivity contribution in [3.05, 3.63) is 10.7 Å². The third kappa shape index (κ3) is 3.70. The number of rotatable bonds is 4. The van der Waals surface area contributed by atoms with Crippen molar-refractivity contribution in [1.82, 2.24) is 9.97 Å². The van der Waals surface area contributed by atoms with E-state index in [1.807, 2.05) is 6.92 Å². The van der Waals surface area contributed by atoms with E-state index in [9.17, 15) is 0 Å². The van der Waals surface area contributed by atoms with Gasteiger partial charge in [-0.2, -0.15) is 4.98 Å². The fraction of sp³-hybridized carbons (Fsp3) is 0.692. The van der Waals surface area contributed by atoms with Crippen LogP contribution in [-0.4, -0.2) is 28.2 Å². The molecule has 0 aliphatic heterocycles. The summed E-state index contributed by atoms with van der Waals surface area (Å²) < 4.78 is 0. The van der Waals surface area contributed by atoms with Crippen molar-refractivity contribution in [2.24, 2.45) is 11.8 Å². The second kappa shape index (κ2) is 6.39. The van der Waals surface area contributed by atoms with E-state index in [1.165, 1.54) is 0 Å². The lowest BCUT2D eigenvalue weighted by molar-refractivity contribution is 0.170. The number of aliphatic hydroxyl groups excluding tert-OH is 1. The number of aromatic nitrogens is 2. The maximum Gasteiger partial charge on any atom is 0.222 e. The SMILES string of the molecule is Cc1nc(N)nc(NCC2CCC(CO)CC2)c1Cl. The summed E-state index contributed by atoms with van der Waals surface area (Å²) in [7, 11) is 0. The summed E-state index contributed by atoms with van der Waals surface area (Å²) in [5.74, 6) is 1.96. The molecule has 5 nitrogen and oxygen atoms in total. The summed E-state index contributed by atoms with van der Waals surface area (Å²) in [6.07, 6.45) is 4.47. The van der Waals surface area contributed by atoms with Crippen LogP contribution in [0, 0.1) is 18.8 Å². The average Bonchev–Trinajstić information content (AvgIpc) is 2.41. The lowest BCUT2D eigenvalue weighted by atomic mass is 9.82. The first-order valence-corrected chi connectivity index (χ1v) is 7.12. The zero-order valence-corrected chi connectivity index (χ0v) is 12.0. The van der Waals surface area contributed by atoms with E-state index in [-0.39, 0.29) is 5.95 Å². The minimum absolute atomic E-state index is 0.244. The summed E-state index contributed by atoms with van der Waals surface area (Å²) in [4.78, 5) is 8.15. The van der Waals surface area contributed by atoms with Crippen LogP contribution in [0.2, 0.25) is 5.02 Å². The molecule has 0 saturated heterocycles. The predicted molar refractivity (Wildman–Crippen MR) is 77.2 cm³/mol. The van der Waals surface area contributed by atoms with Crippen molar-refractivity contribution < 1.29 is 5.11 Å². The predicted octanol–water partition coefficient (Wildman–Crippen LogP) is 2.23. The van der Waals surface area contributed by atoms with Crippen LogP contribution in [0.25, 0.3) is 0 Å². The van der Waals surface area contributed by atoms with E-state index in [4.69, 9.17) is 22.4 Å². The van der Waals surface area contributed by atoms with Crippen LogP contribution in [-0.2, 0) is 0 Å². The number of nitrogens with zero attached hydrogens (tertiary/aromatic N) is 2. The molecule has 1 saturated carbocycles. The molecule has 0 bridgehead atoms. The quantitative estimate of drug-likeness (QED) is 0.790. The molecule has 0 radical (unpaired) electrons. The Balaban J connectivity index is 1.89. The molecule has 0 unspecified atom stereocenters. The van der Waals surface area contributed by atoms with Gasteiger partial charge in [-0.25, -0.2) is 4.98 Å². The van der Waals surface area contributed by atoms with Gasteiger partial charge in [-0.15, -0.1) is 0 Å². The summed E-state index contributed by atoms with van der Waals surface area (Å²) in [5, 5.41) is 12.9. The van der Waals surface area contributed by atoms with Crippen LogP contribution in [0.3, 0.4) is 0 Å². The highest BCUT2D eigenvalue weighted by molar-refractivity contribution is 6.33. The highest BCUT2D eigenvalue weighted by Gasteiger charge is 2.20. The molecule has 6 heteroatoms. The number of hydrogen-bond donors (Lipinski definition) is 3. The molecule has 2 rings (SSSR count). The Morgan fingerprint density at radius 3 is 2.53 bits per heavy atom. The van der Waals surface area contributed by atoms with Gasteiger partial charge in [-0.3, -0.25) is 0 Å². The summed E-state index contributed by atoms with van der Waals surface area (Å²) in [6, 6.07) is 0. The molecule has 0 amide bonds. The van der Waals surface area contributed by atoms with Crippen molar-refractivity contribution in [1.29, 1.82) is 0 Å². The number of nitrogens with two attached hydrogens (primary N) is 1. The third-order valence-electron chi connectivity index (χ3n) is 3.82. The first-order valence-electron chi connectivity index (χ1n) is 6.74. The number of nitrogens with one attached hydrogen (secondary N) is 1. The normalized spacial score (nSPS) is 23.3. The number of nitrogen functional groups attached to an aromatic ring is 1. The van der Waals surface area contributed by atoms with Gasteiger partial charge in [0.1, 0.15) is 5.02 Å². The van der Waals surface area contributed by atoms with E-state index in [2.05, 4.69) is 15.3 Å². The molecule has 1 fully saturated rings. The second-order valence-corrected chi connectivity index (χ2v) is 5.66. The van der Waals surface area contributed by atoms with Crippen molar-refractivity contribution in [2.45, 2.75) is 32.6 Å². The molecule has 1 aromatic heterocycles. The first kappa shape index (κ1) is 14.3. The summed E-state index contributed by atoms with van der Waals surface area (Å²) in [6.45, 7) is 2.97. The molecule has 19 heavy (non-hydrogen) atoms. The largest absolute Gasteiger partial charge is 0.396 e. The number of anilines is 2. The molecule has 0 aromatic carbocycles. The van der Waals surface area contributed by atoms with Gasteiger partial charge in [0, 0.05) is 13.2 Å². The van der Waals surface area contributed by atoms with E-state index >= 15 is 0 Å². The molecular formula is C13H21ClN4O. The van der Waals surface area contributed by atoms with Gasteiger partial charge in [0.2, 0.25) is 5.95 Å². The van der Waals surface area contributed by atoms with Gasteiger partial charge in [0.25, 0.3) is 0 Å². The van der Waals surface area contributed by atoms with E-state index in [1.54, 1.807) is 0 Å². The van der Waals surface area contributed by atoms with E-state index in [0.29, 0.717) is 35.0 Å². The number of hydrogen-bond acceptors (Lipinski definition) is 5. The van der Waals surface area contributed by atoms with Crippen LogP contribution in [0.15, 0.2) is 0 Å². The smallest absolute Gasteiger partial charge is 0.222 e. The second-order valence-electron chi connectivity index (χ2n) is 5.28. The van der Waals surface area contributed by atoms with E-state index in [0.717, 1.165) is 32.2 Å². The van der Waals surface area contributed by atoms with Gasteiger partial charge in [-0.05, 0) is 44.4 Å². The van der Waals surface area contributed by atoms with Gasteiger partial charge in [-0.1, -0.05) is 11.6 Å². The highest BCUT2D eigenvalue weighted by atomic mass is 35.5. The Bertz CT molecular complexity index is 433. The van der Waals surface area contributed by atoms with Gasteiger partial charge in [0.15, 0.2) is 5.82 Å². The molecule has 1 aliphatic rings. The van der Waals surface area contributed by atoms with Crippen molar-refractivity contribution >= 4 is 23.4 Å².